The second kappa shape index (κ2) is 12.4. The molecule has 2 aromatic carbocycles. The van der Waals surface area contributed by atoms with Crippen molar-refractivity contribution in [3.05, 3.63) is 106 Å². The van der Waals surface area contributed by atoms with Crippen LogP contribution in [-0.2, 0) is 0 Å². The molecule has 0 aliphatic carbocycles. The largest absolute Gasteiger partial charge is 0.352 e. The van der Waals surface area contributed by atoms with E-state index >= 15 is 0 Å². The van der Waals surface area contributed by atoms with Crippen molar-refractivity contribution in [2.45, 2.75) is 25.8 Å². The van der Waals surface area contributed by atoms with Crippen LogP contribution in [-0.4, -0.2) is 64.9 Å². The number of aromatic amines is 1. The highest BCUT2D eigenvalue weighted by Gasteiger charge is 2.26. The van der Waals surface area contributed by atoms with Crippen LogP contribution in [0.1, 0.15) is 46.1 Å². The van der Waals surface area contributed by atoms with Crippen molar-refractivity contribution in [1.29, 1.82) is 0 Å². The van der Waals surface area contributed by atoms with E-state index in [1.165, 1.54) is 11.1 Å². The van der Waals surface area contributed by atoms with Crippen molar-refractivity contribution in [2.75, 3.05) is 39.3 Å². The fraction of sp³-hybridized carbons (Fsp3) is 0.323. The zero-order chi connectivity index (χ0) is 26.3. The Balaban J connectivity index is 1.08. The number of aromatic nitrogens is 2. The maximum Gasteiger partial charge on any atom is 0.254 e. The predicted molar refractivity (Wildman–Crippen MR) is 156 cm³/mol. The van der Waals surface area contributed by atoms with Crippen LogP contribution in [0.3, 0.4) is 0 Å². The van der Waals surface area contributed by atoms with Crippen LogP contribution in [0, 0.1) is 11.4 Å². The Bertz CT molecular complexity index is 1380. The zero-order valence-corrected chi connectivity index (χ0v) is 22.7. The number of hydrogen-bond donors (Lipinski definition) is 2. The molecule has 7 heteroatoms. The van der Waals surface area contributed by atoms with E-state index in [9.17, 15) is 4.79 Å². The van der Waals surface area contributed by atoms with E-state index in [0.717, 1.165) is 56.6 Å². The van der Waals surface area contributed by atoms with Gasteiger partial charge in [-0.15, -0.1) is 0 Å². The van der Waals surface area contributed by atoms with Crippen LogP contribution >= 0.6 is 12.2 Å². The highest BCUT2D eigenvalue weighted by atomic mass is 32.1. The van der Waals surface area contributed by atoms with E-state index in [-0.39, 0.29) is 11.9 Å². The van der Waals surface area contributed by atoms with Crippen molar-refractivity contribution >= 4 is 29.2 Å². The molecule has 196 valence electrons. The number of piperazine rings is 1. The zero-order valence-electron chi connectivity index (χ0n) is 21.9. The van der Waals surface area contributed by atoms with Gasteiger partial charge in [0.15, 0.2) is 0 Å². The number of H-pyrrole nitrogens is 1. The normalized spacial score (nSPS) is 14.7. The van der Waals surface area contributed by atoms with Gasteiger partial charge in [0.25, 0.3) is 5.91 Å². The Labute approximate surface area is 229 Å². The summed E-state index contributed by atoms with van der Waals surface area (Å²) in [6.07, 6.45) is 3.66. The summed E-state index contributed by atoms with van der Waals surface area (Å²) in [6.45, 7) is 7.82. The number of amides is 1. The standard InChI is InChI=1S/C31H35N5OS/c1-23-14-15-26-29(38)27(22-33-30(26)34-23)31(37)32-16-8-9-17-35-18-20-36(21-19-35)28(24-10-4-2-5-11-24)25-12-6-3-7-13-25/h2-7,10-15,22,28H,8-9,16-21H2,1H3,(H,32,37)(H,33,34,38). The molecule has 0 atom stereocenters. The summed E-state index contributed by atoms with van der Waals surface area (Å²) >= 11 is 5.56. The molecule has 0 saturated carbocycles. The monoisotopic (exact) mass is 525 g/mol. The number of carbonyl (C=O) groups excluding carboxylic acids is 1. The van der Waals surface area contributed by atoms with Gasteiger partial charge in [-0.2, -0.15) is 0 Å². The minimum absolute atomic E-state index is 0.129. The third-order valence-electron chi connectivity index (χ3n) is 7.31. The topological polar surface area (TPSA) is 64.3 Å². The van der Waals surface area contributed by atoms with Crippen molar-refractivity contribution in [3.8, 4) is 0 Å². The highest BCUT2D eigenvalue weighted by Crippen LogP contribution is 2.29. The number of carbonyl (C=O) groups is 1. The van der Waals surface area contributed by atoms with Gasteiger partial charge in [0, 0.05) is 50.0 Å². The molecule has 6 nitrogen and oxygen atoms in total. The Kier molecular flexibility index (Phi) is 8.58. The number of pyridine rings is 2. The van der Waals surface area contributed by atoms with E-state index in [0.29, 0.717) is 22.3 Å². The lowest BCUT2D eigenvalue weighted by Gasteiger charge is -2.39. The van der Waals surface area contributed by atoms with Crippen LogP contribution in [0.2, 0.25) is 0 Å². The van der Waals surface area contributed by atoms with Crippen LogP contribution in [0.15, 0.2) is 79.0 Å². The Morgan fingerprint density at radius 3 is 2.26 bits per heavy atom. The molecule has 3 heterocycles. The quantitative estimate of drug-likeness (QED) is 0.223. The second-order valence-corrected chi connectivity index (χ2v) is 10.4. The van der Waals surface area contributed by atoms with Crippen LogP contribution in [0.5, 0.6) is 0 Å². The molecule has 1 saturated heterocycles. The smallest absolute Gasteiger partial charge is 0.254 e. The van der Waals surface area contributed by atoms with Crippen LogP contribution in [0.25, 0.3) is 11.0 Å². The van der Waals surface area contributed by atoms with Crippen molar-refractivity contribution in [3.63, 3.8) is 0 Å². The first-order chi connectivity index (χ1) is 18.6. The van der Waals surface area contributed by atoms with Gasteiger partial charge in [-0.25, -0.2) is 4.98 Å². The van der Waals surface area contributed by atoms with Crippen LogP contribution < -0.4 is 5.32 Å². The van der Waals surface area contributed by atoms with Gasteiger partial charge in [0.2, 0.25) is 0 Å². The molecule has 1 aliphatic rings. The van der Waals surface area contributed by atoms with E-state index in [4.69, 9.17) is 12.2 Å². The average molecular weight is 526 g/mol. The lowest BCUT2D eigenvalue weighted by atomic mass is 9.96. The van der Waals surface area contributed by atoms with E-state index in [1.807, 2.05) is 19.1 Å². The molecule has 0 radical (unpaired) electrons. The number of hydrogen-bond acceptors (Lipinski definition) is 5. The number of benzene rings is 2. The molecule has 1 fully saturated rings. The first-order valence-electron chi connectivity index (χ1n) is 13.4. The van der Waals surface area contributed by atoms with Gasteiger partial charge in [-0.1, -0.05) is 72.9 Å². The van der Waals surface area contributed by atoms with Gasteiger partial charge >= 0.3 is 0 Å². The Morgan fingerprint density at radius 2 is 1.61 bits per heavy atom. The minimum Gasteiger partial charge on any atom is -0.352 e. The molecule has 0 unspecified atom stereocenters. The Morgan fingerprint density at radius 1 is 0.947 bits per heavy atom. The SMILES string of the molecule is Cc1ccc2c(=S)c(C(=O)NCCCCN3CCN(C(c4ccccc4)c4ccccc4)CC3)c[nH]c2n1. The van der Waals surface area contributed by atoms with Gasteiger partial charge in [0.1, 0.15) is 5.65 Å². The molecule has 0 spiro atoms. The number of rotatable bonds is 9. The van der Waals surface area contributed by atoms with E-state index in [2.05, 4.69) is 85.7 Å². The average Bonchev–Trinajstić information content (AvgIpc) is 2.95. The third-order valence-corrected chi connectivity index (χ3v) is 7.75. The van der Waals surface area contributed by atoms with E-state index < -0.39 is 0 Å². The lowest BCUT2D eigenvalue weighted by Crippen LogP contribution is -2.48. The third kappa shape index (κ3) is 6.18. The van der Waals surface area contributed by atoms with E-state index in [1.54, 1.807) is 6.20 Å². The summed E-state index contributed by atoms with van der Waals surface area (Å²) in [6, 6.07) is 25.8. The minimum atomic E-state index is -0.129. The molecule has 4 aromatic rings. The molecule has 5 rings (SSSR count). The van der Waals surface area contributed by atoms with Crippen molar-refractivity contribution in [1.82, 2.24) is 25.1 Å². The lowest BCUT2D eigenvalue weighted by molar-refractivity contribution is 0.0948. The number of nitrogens with zero attached hydrogens (tertiary/aromatic N) is 3. The molecule has 1 aliphatic heterocycles. The molecule has 1 amide bonds. The van der Waals surface area contributed by atoms with Gasteiger partial charge in [0.05, 0.1) is 16.1 Å². The predicted octanol–water partition coefficient (Wildman–Crippen LogP) is 5.52. The number of unbranched alkanes of at least 4 members (excludes halogenated alkanes) is 1. The fourth-order valence-corrected chi connectivity index (χ4v) is 5.57. The summed E-state index contributed by atoms with van der Waals surface area (Å²) in [4.78, 5) is 25.4. The van der Waals surface area contributed by atoms with Gasteiger partial charge < -0.3 is 15.2 Å². The maximum absolute atomic E-state index is 12.7. The first kappa shape index (κ1) is 26.2. The second-order valence-electron chi connectivity index (χ2n) is 9.94. The summed E-state index contributed by atoms with van der Waals surface area (Å²) in [5.74, 6) is -0.129. The number of fused-ring (bicyclic) bond motifs is 1. The number of nitrogens with one attached hydrogen (secondary N) is 2. The van der Waals surface area contributed by atoms with Gasteiger partial charge in [-0.05, 0) is 49.6 Å². The first-order valence-corrected chi connectivity index (χ1v) is 13.8. The highest BCUT2D eigenvalue weighted by molar-refractivity contribution is 7.71. The Hall–Kier alpha value is -3.39. The van der Waals surface area contributed by atoms with Gasteiger partial charge in [-0.3, -0.25) is 9.69 Å². The van der Waals surface area contributed by atoms with Crippen LogP contribution in [0.4, 0.5) is 0 Å². The molecule has 38 heavy (non-hydrogen) atoms. The summed E-state index contributed by atoms with van der Waals surface area (Å²) in [7, 11) is 0. The summed E-state index contributed by atoms with van der Waals surface area (Å²) in [5, 5.41) is 3.84. The van der Waals surface area contributed by atoms with Crippen molar-refractivity contribution in [2.24, 2.45) is 0 Å². The van der Waals surface area contributed by atoms with Crippen molar-refractivity contribution < 1.29 is 4.79 Å². The number of aryl methyl sites for hydroxylation is 1. The molecule has 0 bridgehead atoms. The molecule has 2 N–H and O–H groups in total. The molecule has 2 aromatic heterocycles. The molecular weight excluding hydrogens is 490 g/mol. The maximum atomic E-state index is 12.7. The summed E-state index contributed by atoms with van der Waals surface area (Å²) in [5.41, 5.74) is 4.82. The molecular formula is C31H35N5OS. The summed E-state index contributed by atoms with van der Waals surface area (Å²) < 4.78 is 0.547. The fourth-order valence-electron chi connectivity index (χ4n) is 5.26.